The third kappa shape index (κ3) is 2.75. The Bertz CT molecular complexity index is 560. The molecule has 0 spiro atoms. The second-order valence-electron chi connectivity index (χ2n) is 3.48. The van der Waals surface area contributed by atoms with Gasteiger partial charge in [-0.25, -0.2) is 8.42 Å². The maximum Gasteiger partial charge on any atom is 0.243 e. The van der Waals surface area contributed by atoms with Gasteiger partial charge in [0.05, 0.1) is 25.7 Å². The smallest absolute Gasteiger partial charge is 0.243 e. The fraction of sp³-hybridized carbons (Fsp3) is 0.333. The number of nitrogens with zero attached hydrogens (tertiary/aromatic N) is 1. The van der Waals surface area contributed by atoms with Crippen LogP contribution in [0.5, 0.6) is 11.5 Å². The lowest BCUT2D eigenvalue weighted by atomic mass is 10.3. The van der Waals surface area contributed by atoms with Gasteiger partial charge >= 0.3 is 0 Å². The number of hydrogen-bond acceptors (Lipinski definition) is 4. The highest BCUT2D eigenvalue weighted by Crippen LogP contribution is 2.30. The van der Waals surface area contributed by atoms with E-state index in [1.165, 1.54) is 39.5 Å². The number of hydrogen-bond donors (Lipinski definition) is 0. The molecule has 0 atom stereocenters. The summed E-state index contributed by atoms with van der Waals surface area (Å²) in [6.07, 6.45) is 5.11. The summed E-state index contributed by atoms with van der Waals surface area (Å²) in [5, 5.41) is 0. The topological polar surface area (TPSA) is 55.8 Å². The van der Waals surface area contributed by atoms with Gasteiger partial charge in [-0.05, 0) is 12.1 Å². The molecule has 0 aromatic heterocycles. The molecule has 18 heavy (non-hydrogen) atoms. The Morgan fingerprint density at radius 3 is 2.39 bits per heavy atom. The molecule has 0 amide bonds. The Morgan fingerprint density at radius 1 is 1.28 bits per heavy atom. The van der Waals surface area contributed by atoms with E-state index in [1.807, 2.05) is 0 Å². The van der Waals surface area contributed by atoms with E-state index < -0.39 is 10.0 Å². The highest BCUT2D eigenvalue weighted by atomic mass is 32.2. The minimum atomic E-state index is -3.60. The van der Waals surface area contributed by atoms with Crippen molar-refractivity contribution in [2.75, 3.05) is 27.8 Å². The molecule has 1 rings (SSSR count). The van der Waals surface area contributed by atoms with Crippen LogP contribution in [0, 0.1) is 12.3 Å². The van der Waals surface area contributed by atoms with Gasteiger partial charge in [0.2, 0.25) is 10.0 Å². The van der Waals surface area contributed by atoms with Gasteiger partial charge in [0.15, 0.2) is 11.5 Å². The molecule has 0 fully saturated rings. The highest BCUT2D eigenvalue weighted by Gasteiger charge is 2.21. The van der Waals surface area contributed by atoms with Crippen LogP contribution < -0.4 is 9.47 Å². The van der Waals surface area contributed by atoms with Gasteiger partial charge in [-0.15, -0.1) is 6.42 Å². The number of benzene rings is 1. The van der Waals surface area contributed by atoms with Crippen molar-refractivity contribution < 1.29 is 17.9 Å². The maximum absolute atomic E-state index is 12.1. The normalized spacial score (nSPS) is 11.1. The van der Waals surface area contributed by atoms with Crippen molar-refractivity contribution in [3.8, 4) is 23.8 Å². The van der Waals surface area contributed by atoms with Crippen LogP contribution in [-0.2, 0) is 10.0 Å². The van der Waals surface area contributed by atoms with Gasteiger partial charge in [-0.1, -0.05) is 5.92 Å². The highest BCUT2D eigenvalue weighted by molar-refractivity contribution is 7.89. The van der Waals surface area contributed by atoms with E-state index in [-0.39, 0.29) is 11.4 Å². The van der Waals surface area contributed by atoms with Gasteiger partial charge in [0, 0.05) is 13.1 Å². The second-order valence-corrected chi connectivity index (χ2v) is 5.53. The SMILES string of the molecule is C#CCN(C)S(=O)(=O)c1ccc(OC)c(OC)c1. The minimum absolute atomic E-state index is 0.0106. The molecule has 0 aliphatic heterocycles. The lowest BCUT2D eigenvalue weighted by molar-refractivity contribution is 0.353. The van der Waals surface area contributed by atoms with E-state index in [0.29, 0.717) is 11.5 Å². The van der Waals surface area contributed by atoms with Gasteiger partial charge in [0.1, 0.15) is 0 Å². The monoisotopic (exact) mass is 269 g/mol. The molecule has 5 nitrogen and oxygen atoms in total. The van der Waals surface area contributed by atoms with Crippen LogP contribution in [-0.4, -0.2) is 40.5 Å². The second kappa shape index (κ2) is 5.76. The fourth-order valence-corrected chi connectivity index (χ4v) is 2.47. The van der Waals surface area contributed by atoms with Gasteiger partial charge < -0.3 is 9.47 Å². The molecule has 0 saturated heterocycles. The van der Waals surface area contributed by atoms with Gasteiger partial charge in [0.25, 0.3) is 0 Å². The molecule has 0 bridgehead atoms. The standard InChI is InChI=1S/C12H15NO4S/c1-5-8-13(2)18(14,15)10-6-7-11(16-3)12(9-10)17-4/h1,6-7,9H,8H2,2-4H3. The quantitative estimate of drug-likeness (QED) is 0.747. The van der Waals surface area contributed by atoms with Crippen molar-refractivity contribution in [2.24, 2.45) is 0 Å². The summed E-state index contributed by atoms with van der Waals surface area (Å²) < 4.78 is 35.4. The summed E-state index contributed by atoms with van der Waals surface area (Å²) in [5.74, 6) is 3.11. The predicted octanol–water partition coefficient (Wildman–Crippen LogP) is 0.958. The van der Waals surface area contributed by atoms with Crippen LogP contribution in [0.4, 0.5) is 0 Å². The van der Waals surface area contributed by atoms with Gasteiger partial charge in [-0.3, -0.25) is 0 Å². The molecule has 0 aliphatic carbocycles. The van der Waals surface area contributed by atoms with Crippen molar-refractivity contribution in [3.63, 3.8) is 0 Å². The van der Waals surface area contributed by atoms with E-state index in [9.17, 15) is 8.42 Å². The third-order valence-electron chi connectivity index (χ3n) is 2.38. The minimum Gasteiger partial charge on any atom is -0.493 e. The first-order valence-corrected chi connectivity index (χ1v) is 6.53. The zero-order valence-corrected chi connectivity index (χ0v) is 11.3. The Morgan fingerprint density at radius 2 is 1.89 bits per heavy atom. The average Bonchev–Trinajstić information content (AvgIpc) is 2.38. The maximum atomic E-state index is 12.1. The van der Waals surface area contributed by atoms with Crippen LogP contribution in [0.2, 0.25) is 0 Å². The van der Waals surface area contributed by atoms with E-state index in [1.54, 1.807) is 0 Å². The molecular formula is C12H15NO4S. The van der Waals surface area contributed by atoms with E-state index >= 15 is 0 Å². The van der Waals surface area contributed by atoms with Gasteiger partial charge in [-0.2, -0.15) is 4.31 Å². The molecule has 0 N–H and O–H groups in total. The van der Waals surface area contributed by atoms with Crippen LogP contribution in [0.25, 0.3) is 0 Å². The zero-order chi connectivity index (χ0) is 13.8. The zero-order valence-electron chi connectivity index (χ0n) is 10.5. The van der Waals surface area contributed by atoms with Crippen molar-refractivity contribution in [1.82, 2.24) is 4.31 Å². The summed E-state index contributed by atoms with van der Waals surface area (Å²) in [5.41, 5.74) is 0. The van der Waals surface area contributed by atoms with Crippen molar-refractivity contribution in [3.05, 3.63) is 18.2 Å². The van der Waals surface area contributed by atoms with Crippen LogP contribution in [0.3, 0.4) is 0 Å². The van der Waals surface area contributed by atoms with E-state index in [0.717, 1.165) is 4.31 Å². The summed E-state index contributed by atoms with van der Waals surface area (Å²) in [6, 6.07) is 4.39. The number of ether oxygens (including phenoxy) is 2. The lowest BCUT2D eigenvalue weighted by Crippen LogP contribution is -2.27. The largest absolute Gasteiger partial charge is 0.493 e. The number of rotatable bonds is 5. The Kier molecular flexibility index (Phi) is 4.59. The first-order valence-electron chi connectivity index (χ1n) is 5.09. The molecule has 0 aliphatic rings. The van der Waals surface area contributed by atoms with Crippen molar-refractivity contribution in [2.45, 2.75) is 4.90 Å². The summed E-state index contributed by atoms with van der Waals surface area (Å²) >= 11 is 0. The first kappa shape index (κ1) is 14.4. The Labute approximate surface area is 107 Å². The van der Waals surface area contributed by atoms with E-state index in [4.69, 9.17) is 15.9 Å². The first-order chi connectivity index (χ1) is 8.47. The number of sulfonamides is 1. The molecule has 0 radical (unpaired) electrons. The molecule has 0 heterocycles. The molecule has 1 aromatic rings. The van der Waals surface area contributed by atoms with Crippen LogP contribution >= 0.6 is 0 Å². The van der Waals surface area contributed by atoms with Crippen LogP contribution in [0.15, 0.2) is 23.1 Å². The average molecular weight is 269 g/mol. The number of methoxy groups -OCH3 is 2. The molecular weight excluding hydrogens is 254 g/mol. The van der Waals surface area contributed by atoms with Crippen LogP contribution in [0.1, 0.15) is 0 Å². The molecule has 0 saturated carbocycles. The Hall–Kier alpha value is -1.71. The van der Waals surface area contributed by atoms with Crippen molar-refractivity contribution in [1.29, 1.82) is 0 Å². The summed E-state index contributed by atoms with van der Waals surface area (Å²) in [6.45, 7) is 0.0106. The molecule has 98 valence electrons. The van der Waals surface area contributed by atoms with Crippen molar-refractivity contribution >= 4 is 10.0 Å². The Balaban J connectivity index is 3.22. The molecule has 0 unspecified atom stereocenters. The fourth-order valence-electron chi connectivity index (χ4n) is 1.37. The summed E-state index contributed by atoms with van der Waals surface area (Å²) in [4.78, 5) is 0.109. The third-order valence-corrected chi connectivity index (χ3v) is 4.18. The molecule has 6 heteroatoms. The number of terminal acetylenes is 1. The van der Waals surface area contributed by atoms with E-state index in [2.05, 4.69) is 5.92 Å². The molecule has 1 aromatic carbocycles. The predicted molar refractivity (Wildman–Crippen MR) is 68.2 cm³/mol. The lowest BCUT2D eigenvalue weighted by Gasteiger charge is -2.15. The summed E-state index contributed by atoms with van der Waals surface area (Å²) in [7, 11) is 0.746.